The maximum Gasteiger partial charge on any atom is 0.332 e. The Hall–Kier alpha value is -1.84. The summed E-state index contributed by atoms with van der Waals surface area (Å²) in [6.45, 7) is 0.616. The van der Waals surface area contributed by atoms with Gasteiger partial charge in [0.05, 0.1) is 11.9 Å². The molecule has 0 radical (unpaired) electrons. The van der Waals surface area contributed by atoms with Crippen LogP contribution in [-0.2, 0) is 23.2 Å². The number of urea groups is 1. The molecule has 10 nitrogen and oxygen atoms in total. The third-order valence-corrected chi connectivity index (χ3v) is 4.56. The summed E-state index contributed by atoms with van der Waals surface area (Å²) in [5, 5.41) is 11.7. The second kappa shape index (κ2) is 10.8. The number of anilines is 1. The normalized spacial score (nSPS) is 12.6. The van der Waals surface area contributed by atoms with Crippen LogP contribution in [-0.4, -0.2) is 45.8 Å². The molecule has 1 aliphatic rings. The van der Waals surface area contributed by atoms with E-state index in [9.17, 15) is 18.0 Å². The van der Waals surface area contributed by atoms with E-state index >= 15 is 0 Å². The molecule has 0 saturated carbocycles. The van der Waals surface area contributed by atoms with Crippen molar-refractivity contribution < 1.29 is 18.0 Å². The standard InChI is InChI=1S/C14H15IN6O4S.CH4S.CH4/c15-13(22)18-12-3-5-17-21(12)11-2-1-9-4-6-20(8-10(9)7-11)14(23)19-26(16,24)25;1-2;/h1-3,5,7H,4,6,8H2,(H,18,22)(H,19,23)(H2,16,24,25);2H,1H3;1H4. The second-order valence-corrected chi connectivity index (χ2v) is 7.88. The first kappa shape index (κ1) is 25.2. The van der Waals surface area contributed by atoms with E-state index in [-0.39, 0.29) is 17.9 Å². The number of nitrogens with two attached hydrogens (primary N) is 1. The Morgan fingerprint density at radius 3 is 2.55 bits per heavy atom. The number of nitrogens with zero attached hydrogens (tertiary/aromatic N) is 3. The number of carbonyl (C=O) groups is 2. The van der Waals surface area contributed by atoms with Gasteiger partial charge in [0.2, 0.25) is 0 Å². The highest BCUT2D eigenvalue weighted by atomic mass is 127. The van der Waals surface area contributed by atoms with Crippen LogP contribution < -0.4 is 15.2 Å². The number of rotatable bonds is 3. The predicted molar refractivity (Wildman–Crippen MR) is 124 cm³/mol. The first-order valence-corrected chi connectivity index (χ1v) is 11.4. The van der Waals surface area contributed by atoms with Crippen LogP contribution in [0.2, 0.25) is 0 Å². The van der Waals surface area contributed by atoms with Crippen LogP contribution in [0.4, 0.5) is 15.4 Å². The Morgan fingerprint density at radius 2 is 1.93 bits per heavy atom. The average Bonchev–Trinajstić information content (AvgIpc) is 3.08. The Labute approximate surface area is 188 Å². The summed E-state index contributed by atoms with van der Waals surface area (Å²) in [6.07, 6.45) is 3.84. The Morgan fingerprint density at radius 1 is 1.24 bits per heavy atom. The summed E-state index contributed by atoms with van der Waals surface area (Å²) >= 11 is 5.16. The molecular formula is C16H23IN6O4S2. The van der Waals surface area contributed by atoms with Crippen LogP contribution in [0, 0.1) is 0 Å². The third kappa shape index (κ3) is 6.87. The van der Waals surface area contributed by atoms with E-state index < -0.39 is 16.2 Å². The van der Waals surface area contributed by atoms with Crippen LogP contribution in [0.1, 0.15) is 18.6 Å². The second-order valence-electron chi connectivity index (χ2n) is 5.60. The van der Waals surface area contributed by atoms with Crippen molar-refractivity contribution in [2.24, 2.45) is 5.14 Å². The topological polar surface area (TPSA) is 139 Å². The lowest BCUT2D eigenvalue weighted by atomic mass is 9.99. The minimum Gasteiger partial charge on any atom is -0.319 e. The minimum absolute atomic E-state index is 0. The highest BCUT2D eigenvalue weighted by Crippen LogP contribution is 2.24. The Balaban J connectivity index is 0.00000136. The number of aromatic nitrogens is 2. The van der Waals surface area contributed by atoms with Crippen molar-refractivity contribution in [2.45, 2.75) is 20.4 Å². The highest BCUT2D eigenvalue weighted by molar-refractivity contribution is 14.1. The van der Waals surface area contributed by atoms with Crippen molar-refractivity contribution in [1.29, 1.82) is 0 Å². The van der Waals surface area contributed by atoms with Crippen molar-refractivity contribution in [3.05, 3.63) is 41.6 Å². The molecule has 2 heterocycles. The van der Waals surface area contributed by atoms with Gasteiger partial charge >= 0.3 is 6.03 Å². The van der Waals surface area contributed by atoms with Crippen molar-refractivity contribution >= 4 is 61.2 Å². The molecule has 0 bridgehead atoms. The summed E-state index contributed by atoms with van der Waals surface area (Å²) in [4.78, 5) is 24.7. The Kier molecular flexibility index (Phi) is 9.38. The lowest BCUT2D eigenvalue weighted by molar-refractivity contribution is 0.198. The van der Waals surface area contributed by atoms with Crippen LogP contribution in [0.5, 0.6) is 0 Å². The molecule has 4 N–H and O–H groups in total. The fourth-order valence-corrected chi connectivity index (χ4v) is 3.39. The lowest BCUT2D eigenvalue weighted by Gasteiger charge is -2.29. The Bertz CT molecular complexity index is 980. The quantitative estimate of drug-likeness (QED) is 0.200. The van der Waals surface area contributed by atoms with Crippen LogP contribution in [0.3, 0.4) is 0 Å². The van der Waals surface area contributed by atoms with Crippen molar-refractivity contribution in [3.8, 4) is 5.69 Å². The average molecular weight is 554 g/mol. The molecule has 1 aromatic heterocycles. The molecule has 0 aliphatic carbocycles. The van der Waals surface area contributed by atoms with Gasteiger partial charge in [0.1, 0.15) is 5.82 Å². The number of benzene rings is 1. The molecule has 0 atom stereocenters. The van der Waals surface area contributed by atoms with Gasteiger partial charge in [-0.1, -0.05) is 13.5 Å². The zero-order valence-corrected chi connectivity index (χ0v) is 18.7. The third-order valence-electron chi connectivity index (χ3n) is 3.83. The molecular weight excluding hydrogens is 531 g/mol. The zero-order valence-electron chi connectivity index (χ0n) is 14.8. The van der Waals surface area contributed by atoms with Gasteiger partial charge in [-0.05, 0) is 35.9 Å². The van der Waals surface area contributed by atoms with Gasteiger partial charge in [0.25, 0.3) is 14.1 Å². The van der Waals surface area contributed by atoms with E-state index in [0.29, 0.717) is 24.5 Å². The number of hydrogen-bond acceptors (Lipinski definition) is 6. The number of halogens is 1. The van der Waals surface area contributed by atoms with E-state index in [1.807, 2.05) is 18.2 Å². The molecule has 0 saturated heterocycles. The van der Waals surface area contributed by atoms with Crippen molar-refractivity contribution in [1.82, 2.24) is 19.4 Å². The molecule has 13 heteroatoms. The van der Waals surface area contributed by atoms with E-state index in [1.165, 1.54) is 4.90 Å². The largest absolute Gasteiger partial charge is 0.332 e. The number of carbonyl (C=O) groups excluding carboxylic acids is 2. The van der Waals surface area contributed by atoms with Gasteiger partial charge in [-0.25, -0.2) is 19.3 Å². The zero-order chi connectivity index (χ0) is 20.9. The molecule has 29 heavy (non-hydrogen) atoms. The fraction of sp³-hybridized carbons (Fsp3) is 0.312. The predicted octanol–water partition coefficient (Wildman–Crippen LogP) is 2.29. The lowest BCUT2D eigenvalue weighted by Crippen LogP contribution is -2.47. The van der Waals surface area contributed by atoms with Gasteiger partial charge in [-0.2, -0.15) is 26.1 Å². The van der Waals surface area contributed by atoms with Gasteiger partial charge in [-0.15, -0.1) is 0 Å². The minimum atomic E-state index is -4.11. The maximum absolute atomic E-state index is 12.0. The fourth-order valence-electron chi connectivity index (χ4n) is 2.74. The SMILES string of the molecule is C.CS.NS(=O)(=O)NC(=O)N1CCc2ccc(-n3nccc3NC(=O)I)cc2C1. The van der Waals surface area contributed by atoms with Gasteiger partial charge in [0, 0.05) is 41.7 Å². The maximum atomic E-state index is 12.0. The smallest absolute Gasteiger partial charge is 0.319 e. The first-order valence-electron chi connectivity index (χ1n) is 7.90. The molecule has 3 rings (SSSR count). The summed E-state index contributed by atoms with van der Waals surface area (Å²) in [6, 6.07) is 6.55. The summed E-state index contributed by atoms with van der Waals surface area (Å²) in [5.41, 5.74) is 2.63. The number of hydrogen-bond donors (Lipinski definition) is 4. The first-order chi connectivity index (χ1) is 13.2. The van der Waals surface area contributed by atoms with Gasteiger partial charge < -0.3 is 10.2 Å². The van der Waals surface area contributed by atoms with E-state index in [4.69, 9.17) is 5.14 Å². The summed E-state index contributed by atoms with van der Waals surface area (Å²) in [5.74, 6) is 0.518. The molecule has 2 aromatic rings. The van der Waals surface area contributed by atoms with Gasteiger partial charge in [-0.3, -0.25) is 4.79 Å². The molecule has 1 aliphatic heterocycles. The monoisotopic (exact) mass is 554 g/mol. The molecule has 3 amide bonds. The molecule has 160 valence electrons. The number of nitrogens with one attached hydrogen (secondary N) is 2. The van der Waals surface area contributed by atoms with E-state index in [1.54, 1.807) is 50.5 Å². The van der Waals surface area contributed by atoms with Crippen molar-refractivity contribution in [2.75, 3.05) is 18.1 Å². The molecule has 0 unspecified atom stereocenters. The molecule has 0 spiro atoms. The number of fused-ring (bicyclic) bond motifs is 1. The number of amides is 3. The summed E-state index contributed by atoms with van der Waals surface area (Å²) in [7, 11) is -4.11. The molecule has 0 fully saturated rings. The highest BCUT2D eigenvalue weighted by Gasteiger charge is 2.23. The molecule has 1 aromatic carbocycles. The van der Waals surface area contributed by atoms with Crippen LogP contribution in [0.15, 0.2) is 30.5 Å². The van der Waals surface area contributed by atoms with Crippen LogP contribution in [0.25, 0.3) is 5.69 Å². The van der Waals surface area contributed by atoms with Crippen molar-refractivity contribution in [3.63, 3.8) is 0 Å². The van der Waals surface area contributed by atoms with E-state index in [0.717, 1.165) is 11.1 Å². The van der Waals surface area contributed by atoms with Crippen LogP contribution >= 0.6 is 35.2 Å². The van der Waals surface area contributed by atoms with Gasteiger partial charge in [0.15, 0.2) is 0 Å². The number of thiol groups is 1. The summed E-state index contributed by atoms with van der Waals surface area (Å²) < 4.78 is 25.2. The van der Waals surface area contributed by atoms with E-state index in [2.05, 4.69) is 23.0 Å².